The van der Waals surface area contributed by atoms with Crippen molar-refractivity contribution in [3.05, 3.63) is 24.3 Å². The maximum atomic E-state index is 12.5. The van der Waals surface area contributed by atoms with Crippen LogP contribution in [0.5, 0.6) is 5.75 Å². The molecular formula is C22H30N2O5. The Morgan fingerprint density at radius 1 is 1.24 bits per heavy atom. The number of esters is 1. The quantitative estimate of drug-likeness (QED) is 0.740. The highest BCUT2D eigenvalue weighted by molar-refractivity contribution is 5.93. The Kier molecular flexibility index (Phi) is 6.77. The molecule has 7 nitrogen and oxygen atoms in total. The first-order valence-corrected chi connectivity index (χ1v) is 10.3. The number of benzene rings is 1. The van der Waals surface area contributed by atoms with E-state index in [1.165, 1.54) is 6.42 Å². The van der Waals surface area contributed by atoms with Gasteiger partial charge in [0.15, 0.2) is 6.61 Å². The van der Waals surface area contributed by atoms with Gasteiger partial charge in [0.2, 0.25) is 5.91 Å². The minimum absolute atomic E-state index is 0.0127. The number of likely N-dealkylation sites (tertiary alicyclic amines) is 1. The van der Waals surface area contributed by atoms with Crippen LogP contribution < -0.4 is 10.1 Å². The zero-order valence-corrected chi connectivity index (χ0v) is 17.3. The van der Waals surface area contributed by atoms with Crippen molar-refractivity contribution in [2.75, 3.05) is 25.6 Å². The van der Waals surface area contributed by atoms with E-state index in [0.717, 1.165) is 12.8 Å². The molecule has 7 heteroatoms. The van der Waals surface area contributed by atoms with E-state index in [2.05, 4.69) is 19.2 Å². The third-order valence-electron chi connectivity index (χ3n) is 6.25. The molecule has 1 aromatic rings. The number of nitrogens with zero attached hydrogens (tertiary/aromatic N) is 1. The molecule has 0 radical (unpaired) electrons. The number of methoxy groups -OCH3 is 1. The van der Waals surface area contributed by atoms with Crippen LogP contribution in [0.3, 0.4) is 0 Å². The fourth-order valence-electron chi connectivity index (χ4n) is 4.36. The van der Waals surface area contributed by atoms with Crippen LogP contribution in [0.2, 0.25) is 0 Å². The molecule has 2 fully saturated rings. The molecule has 1 aliphatic heterocycles. The number of anilines is 1. The van der Waals surface area contributed by atoms with Crippen LogP contribution in [-0.4, -0.2) is 49.0 Å². The Labute approximate surface area is 171 Å². The molecule has 0 spiro atoms. The van der Waals surface area contributed by atoms with E-state index in [-0.39, 0.29) is 25.0 Å². The number of rotatable bonds is 6. The summed E-state index contributed by atoms with van der Waals surface area (Å²) in [6, 6.07) is 7.13. The number of amides is 2. The summed E-state index contributed by atoms with van der Waals surface area (Å²) < 4.78 is 10.3. The molecule has 0 aromatic heterocycles. The summed E-state index contributed by atoms with van der Waals surface area (Å²) >= 11 is 0. The van der Waals surface area contributed by atoms with Crippen LogP contribution in [0.1, 0.15) is 39.5 Å². The molecule has 1 aliphatic carbocycles. The second-order valence-corrected chi connectivity index (χ2v) is 8.17. The summed E-state index contributed by atoms with van der Waals surface area (Å²) in [5, 5.41) is 2.67. The fourth-order valence-corrected chi connectivity index (χ4v) is 4.36. The van der Waals surface area contributed by atoms with E-state index in [4.69, 9.17) is 9.47 Å². The number of hydrogen-bond donors (Lipinski definition) is 1. The lowest BCUT2D eigenvalue weighted by Gasteiger charge is -2.39. The molecule has 1 aromatic carbocycles. The number of carbonyl (C=O) groups is 3. The van der Waals surface area contributed by atoms with Gasteiger partial charge in [0, 0.05) is 30.8 Å². The average molecular weight is 402 g/mol. The van der Waals surface area contributed by atoms with E-state index in [9.17, 15) is 14.4 Å². The first-order chi connectivity index (χ1) is 13.9. The van der Waals surface area contributed by atoms with Gasteiger partial charge >= 0.3 is 5.97 Å². The second-order valence-electron chi connectivity index (χ2n) is 8.17. The predicted octanol–water partition coefficient (Wildman–Crippen LogP) is 2.85. The van der Waals surface area contributed by atoms with Gasteiger partial charge in [-0.25, -0.2) is 0 Å². The van der Waals surface area contributed by atoms with Crippen molar-refractivity contribution in [1.29, 1.82) is 0 Å². The van der Waals surface area contributed by atoms with Crippen molar-refractivity contribution in [2.24, 2.45) is 17.8 Å². The smallest absolute Gasteiger partial charge is 0.311 e. The number of carbonyl (C=O) groups excluding carboxylic acids is 3. The highest BCUT2D eigenvalue weighted by Crippen LogP contribution is 2.35. The highest BCUT2D eigenvalue weighted by Gasteiger charge is 2.42. The molecule has 0 bridgehead atoms. The normalized spacial score (nSPS) is 26.9. The van der Waals surface area contributed by atoms with Gasteiger partial charge in [0.05, 0.1) is 13.0 Å². The number of nitrogens with one attached hydrogen (secondary N) is 1. The lowest BCUT2D eigenvalue weighted by Crippen LogP contribution is -2.45. The van der Waals surface area contributed by atoms with Crippen molar-refractivity contribution in [3.63, 3.8) is 0 Å². The van der Waals surface area contributed by atoms with Gasteiger partial charge in [-0.05, 0) is 30.4 Å². The molecule has 3 rings (SSSR count). The maximum Gasteiger partial charge on any atom is 0.311 e. The second kappa shape index (κ2) is 9.29. The monoisotopic (exact) mass is 402 g/mol. The summed E-state index contributed by atoms with van der Waals surface area (Å²) in [6.45, 7) is 4.43. The molecule has 1 saturated heterocycles. The van der Waals surface area contributed by atoms with Crippen LogP contribution >= 0.6 is 0 Å². The van der Waals surface area contributed by atoms with E-state index >= 15 is 0 Å². The van der Waals surface area contributed by atoms with Crippen molar-refractivity contribution in [1.82, 2.24) is 4.90 Å². The zero-order valence-electron chi connectivity index (χ0n) is 17.3. The Morgan fingerprint density at radius 3 is 2.79 bits per heavy atom. The van der Waals surface area contributed by atoms with Gasteiger partial charge in [-0.15, -0.1) is 0 Å². The highest BCUT2D eigenvalue weighted by atomic mass is 16.5. The molecule has 0 unspecified atom stereocenters. The van der Waals surface area contributed by atoms with Crippen LogP contribution in [0.15, 0.2) is 24.3 Å². The molecule has 1 N–H and O–H groups in total. The van der Waals surface area contributed by atoms with Gasteiger partial charge in [0.1, 0.15) is 5.75 Å². The summed E-state index contributed by atoms with van der Waals surface area (Å²) in [7, 11) is 1.55. The molecule has 2 amide bonds. The Balaban J connectivity index is 1.49. The SMILES string of the molecule is COc1cccc(NC(=O)COC(=O)[C@@H]2CC(=O)N([C@@H]3CCC[C@H](C)[C@H]3C)C2)c1. The van der Waals surface area contributed by atoms with Gasteiger partial charge < -0.3 is 19.7 Å². The lowest BCUT2D eigenvalue weighted by molar-refractivity contribution is -0.151. The van der Waals surface area contributed by atoms with Crippen LogP contribution in [0.4, 0.5) is 5.69 Å². The zero-order chi connectivity index (χ0) is 21.0. The Bertz CT molecular complexity index is 765. The number of ether oxygens (including phenoxy) is 2. The molecule has 158 valence electrons. The topological polar surface area (TPSA) is 84.9 Å². The summed E-state index contributed by atoms with van der Waals surface area (Å²) in [4.78, 5) is 38.9. The van der Waals surface area contributed by atoms with E-state index in [1.807, 2.05) is 4.90 Å². The van der Waals surface area contributed by atoms with E-state index in [1.54, 1.807) is 31.4 Å². The van der Waals surface area contributed by atoms with Gasteiger partial charge in [-0.3, -0.25) is 14.4 Å². The molecule has 1 saturated carbocycles. The molecule has 1 heterocycles. The fraction of sp³-hybridized carbons (Fsp3) is 0.591. The van der Waals surface area contributed by atoms with Gasteiger partial charge in [-0.2, -0.15) is 0 Å². The van der Waals surface area contributed by atoms with Crippen LogP contribution in [-0.2, 0) is 19.1 Å². The van der Waals surface area contributed by atoms with Crippen molar-refractivity contribution in [3.8, 4) is 5.75 Å². The Hall–Kier alpha value is -2.57. The third-order valence-corrected chi connectivity index (χ3v) is 6.25. The van der Waals surface area contributed by atoms with Crippen molar-refractivity contribution in [2.45, 2.75) is 45.6 Å². The molecular weight excluding hydrogens is 372 g/mol. The lowest BCUT2D eigenvalue weighted by atomic mass is 9.77. The first-order valence-electron chi connectivity index (χ1n) is 10.3. The van der Waals surface area contributed by atoms with E-state index < -0.39 is 17.8 Å². The summed E-state index contributed by atoms with van der Waals surface area (Å²) in [5.41, 5.74) is 0.563. The Morgan fingerprint density at radius 2 is 2.03 bits per heavy atom. The molecule has 29 heavy (non-hydrogen) atoms. The number of hydrogen-bond acceptors (Lipinski definition) is 5. The largest absolute Gasteiger partial charge is 0.497 e. The minimum Gasteiger partial charge on any atom is -0.497 e. The van der Waals surface area contributed by atoms with Crippen molar-refractivity contribution < 1.29 is 23.9 Å². The average Bonchev–Trinajstić information content (AvgIpc) is 3.10. The summed E-state index contributed by atoms with van der Waals surface area (Å²) in [5.74, 6) is 0.218. The third kappa shape index (κ3) is 5.08. The maximum absolute atomic E-state index is 12.5. The van der Waals surface area contributed by atoms with Gasteiger partial charge in [0.25, 0.3) is 5.91 Å². The standard InChI is InChI=1S/C22H30N2O5/c1-14-6-4-9-19(15(14)2)24-12-16(10-21(24)26)22(27)29-13-20(25)23-17-7-5-8-18(11-17)28-3/h5,7-8,11,14-16,19H,4,6,9-10,12-13H2,1-3H3,(H,23,25)/t14-,15+,16+,19+/m0/s1. The van der Waals surface area contributed by atoms with Crippen molar-refractivity contribution >= 4 is 23.5 Å². The predicted molar refractivity (Wildman–Crippen MR) is 108 cm³/mol. The van der Waals surface area contributed by atoms with Crippen LogP contribution in [0.25, 0.3) is 0 Å². The summed E-state index contributed by atoms with van der Waals surface area (Å²) in [6.07, 6.45) is 3.45. The van der Waals surface area contributed by atoms with Gasteiger partial charge in [-0.1, -0.05) is 32.8 Å². The first kappa shape index (κ1) is 21.1. The minimum atomic E-state index is -0.503. The van der Waals surface area contributed by atoms with Crippen LogP contribution in [0, 0.1) is 17.8 Å². The molecule has 2 aliphatic rings. The van der Waals surface area contributed by atoms with E-state index in [0.29, 0.717) is 29.8 Å². The molecule has 4 atom stereocenters.